The largest absolute Gasteiger partial charge is 0.484 e. The summed E-state index contributed by atoms with van der Waals surface area (Å²) in [6.07, 6.45) is 0. The Morgan fingerprint density at radius 3 is 2.59 bits per heavy atom. The average molecular weight is 415 g/mol. The lowest BCUT2D eigenvalue weighted by molar-refractivity contribution is -0.121. The molecule has 0 saturated heterocycles. The van der Waals surface area contributed by atoms with Gasteiger partial charge in [-0.3, -0.25) is 10.1 Å². The molecule has 0 aliphatic carbocycles. The molecular weight excluding hydrogens is 396 g/mol. The normalized spacial score (nSPS) is 10.6. The smallest absolute Gasteiger partial charge is 0.355 e. The molecule has 2 N–H and O–H groups in total. The number of ether oxygens (including phenoxy) is 1. The lowest BCUT2D eigenvalue weighted by Crippen LogP contribution is -2.37. The molecule has 0 bridgehead atoms. The Kier molecular flexibility index (Phi) is 5.89. The lowest BCUT2D eigenvalue weighted by atomic mass is 10.1. The minimum absolute atomic E-state index is 0.0281. The molecule has 0 saturated carbocycles. The van der Waals surface area contributed by atoms with Crippen LogP contribution in [0.2, 0.25) is 5.02 Å². The molecule has 1 heterocycles. The van der Waals surface area contributed by atoms with Crippen molar-refractivity contribution in [3.8, 4) is 5.75 Å². The van der Waals surface area contributed by atoms with E-state index in [4.69, 9.17) is 20.8 Å². The van der Waals surface area contributed by atoms with E-state index in [0.29, 0.717) is 28.0 Å². The number of carbonyl (C=O) groups is 2. The first-order valence-corrected chi connectivity index (χ1v) is 9.16. The van der Waals surface area contributed by atoms with Gasteiger partial charge in [0, 0.05) is 17.1 Å². The van der Waals surface area contributed by atoms with Crippen molar-refractivity contribution in [3.63, 3.8) is 0 Å². The number of nitrogens with one attached hydrogen (secondary N) is 2. The monoisotopic (exact) mass is 414 g/mol. The zero-order valence-electron chi connectivity index (χ0n) is 16.1. The zero-order chi connectivity index (χ0) is 21.1. The van der Waals surface area contributed by atoms with Crippen molar-refractivity contribution in [2.75, 3.05) is 11.9 Å². The maximum absolute atomic E-state index is 12.0. The zero-order valence-corrected chi connectivity index (χ0v) is 16.8. The fraction of sp³-hybridized carbons (Fsp3) is 0.190. The van der Waals surface area contributed by atoms with Gasteiger partial charge in [0.15, 0.2) is 6.61 Å². The minimum Gasteiger partial charge on any atom is -0.484 e. The molecule has 8 heteroatoms. The molecule has 0 fully saturated rings. The highest BCUT2D eigenvalue weighted by atomic mass is 35.5. The van der Waals surface area contributed by atoms with E-state index in [1.165, 1.54) is 6.07 Å². The summed E-state index contributed by atoms with van der Waals surface area (Å²) in [5.41, 5.74) is 2.82. The number of rotatable bonds is 4. The van der Waals surface area contributed by atoms with Crippen LogP contribution in [0.3, 0.4) is 0 Å². The van der Waals surface area contributed by atoms with Gasteiger partial charge in [-0.1, -0.05) is 29.3 Å². The Morgan fingerprint density at radius 2 is 1.86 bits per heavy atom. The molecule has 0 aliphatic rings. The van der Waals surface area contributed by atoms with Crippen molar-refractivity contribution in [2.45, 2.75) is 20.8 Å². The number of urea groups is 1. The molecule has 150 valence electrons. The van der Waals surface area contributed by atoms with Crippen LogP contribution in [0, 0.1) is 20.8 Å². The third-order valence-electron chi connectivity index (χ3n) is 4.32. The van der Waals surface area contributed by atoms with Crippen LogP contribution in [0.4, 0.5) is 10.5 Å². The number of carbonyl (C=O) groups excluding carboxylic acids is 2. The summed E-state index contributed by atoms with van der Waals surface area (Å²) in [5, 5.41) is 5.51. The van der Waals surface area contributed by atoms with Crippen LogP contribution in [0.1, 0.15) is 16.7 Å². The van der Waals surface area contributed by atoms with Crippen LogP contribution in [-0.4, -0.2) is 18.5 Å². The number of hydrogen-bond acceptors (Lipinski definition) is 5. The van der Waals surface area contributed by atoms with Crippen LogP contribution < -0.4 is 21.0 Å². The average Bonchev–Trinajstić information content (AvgIpc) is 2.66. The summed E-state index contributed by atoms with van der Waals surface area (Å²) in [6, 6.07) is 9.69. The number of aryl methyl sites for hydroxylation is 3. The van der Waals surface area contributed by atoms with Crippen molar-refractivity contribution >= 4 is 40.2 Å². The first-order valence-electron chi connectivity index (χ1n) is 8.78. The van der Waals surface area contributed by atoms with E-state index in [1.54, 1.807) is 25.1 Å². The molecule has 0 radical (unpaired) electrons. The third-order valence-corrected chi connectivity index (χ3v) is 4.76. The summed E-state index contributed by atoms with van der Waals surface area (Å²) in [5.74, 6) is -0.312. The second-order valence-electron chi connectivity index (χ2n) is 6.60. The first kappa shape index (κ1) is 20.4. The van der Waals surface area contributed by atoms with Crippen LogP contribution in [0.25, 0.3) is 11.0 Å². The third kappa shape index (κ3) is 4.75. The van der Waals surface area contributed by atoms with Crippen LogP contribution in [0.5, 0.6) is 5.75 Å². The SMILES string of the molecule is Cc1ccc(NC(=O)NC(=O)COc2ccc3c(C)c(Cl)c(=O)oc3c2)c(C)c1. The molecule has 0 atom stereocenters. The number of halogens is 1. The van der Waals surface area contributed by atoms with E-state index in [0.717, 1.165) is 11.1 Å². The highest BCUT2D eigenvalue weighted by Gasteiger charge is 2.12. The number of imide groups is 1. The second kappa shape index (κ2) is 8.36. The van der Waals surface area contributed by atoms with E-state index in [-0.39, 0.29) is 11.6 Å². The molecule has 2 aromatic carbocycles. The van der Waals surface area contributed by atoms with Gasteiger partial charge < -0.3 is 14.5 Å². The first-order chi connectivity index (χ1) is 13.7. The van der Waals surface area contributed by atoms with Gasteiger partial charge in [0.1, 0.15) is 16.4 Å². The second-order valence-corrected chi connectivity index (χ2v) is 6.97. The molecule has 29 heavy (non-hydrogen) atoms. The van der Waals surface area contributed by atoms with Crippen molar-refractivity contribution < 1.29 is 18.7 Å². The van der Waals surface area contributed by atoms with Gasteiger partial charge in [-0.05, 0) is 50.1 Å². The van der Waals surface area contributed by atoms with Crippen LogP contribution in [-0.2, 0) is 4.79 Å². The van der Waals surface area contributed by atoms with E-state index < -0.39 is 17.6 Å². The predicted octanol–water partition coefficient (Wildman–Crippen LogP) is 4.10. The molecule has 3 amide bonds. The molecule has 0 unspecified atom stereocenters. The predicted molar refractivity (Wildman–Crippen MR) is 111 cm³/mol. The summed E-state index contributed by atoms with van der Waals surface area (Å²) < 4.78 is 10.5. The maximum atomic E-state index is 12.0. The number of anilines is 1. The van der Waals surface area contributed by atoms with Crippen molar-refractivity contribution in [3.05, 3.63) is 68.5 Å². The number of hydrogen-bond donors (Lipinski definition) is 2. The van der Waals surface area contributed by atoms with E-state index in [1.807, 2.05) is 26.0 Å². The Hall–Kier alpha value is -3.32. The van der Waals surface area contributed by atoms with E-state index in [2.05, 4.69) is 10.6 Å². The lowest BCUT2D eigenvalue weighted by Gasteiger charge is -2.11. The summed E-state index contributed by atoms with van der Waals surface area (Å²) in [4.78, 5) is 35.7. The van der Waals surface area contributed by atoms with E-state index >= 15 is 0 Å². The Morgan fingerprint density at radius 1 is 1.10 bits per heavy atom. The molecule has 3 aromatic rings. The van der Waals surface area contributed by atoms with Gasteiger partial charge in [0.05, 0.1) is 0 Å². The number of fused-ring (bicyclic) bond motifs is 1. The van der Waals surface area contributed by atoms with Gasteiger partial charge >= 0.3 is 11.7 Å². The van der Waals surface area contributed by atoms with Gasteiger partial charge in [0.2, 0.25) is 0 Å². The van der Waals surface area contributed by atoms with Gasteiger partial charge in [-0.25, -0.2) is 9.59 Å². The molecular formula is C21H19ClN2O5. The van der Waals surface area contributed by atoms with E-state index in [9.17, 15) is 14.4 Å². The summed E-state index contributed by atoms with van der Waals surface area (Å²) in [7, 11) is 0. The Labute approximate surface area is 171 Å². The fourth-order valence-electron chi connectivity index (χ4n) is 2.82. The molecule has 0 spiro atoms. The summed E-state index contributed by atoms with van der Waals surface area (Å²) >= 11 is 5.89. The quantitative estimate of drug-likeness (QED) is 0.626. The van der Waals surface area contributed by atoms with Crippen LogP contribution >= 0.6 is 11.6 Å². The Balaban J connectivity index is 1.61. The highest BCUT2D eigenvalue weighted by molar-refractivity contribution is 6.31. The van der Waals surface area contributed by atoms with Gasteiger partial charge in [-0.15, -0.1) is 0 Å². The standard InChI is InChI=1S/C21H19ClN2O5/c1-11-4-7-16(12(2)8-11)23-21(27)24-18(25)10-28-14-5-6-15-13(3)19(22)20(26)29-17(15)9-14/h4-9H,10H2,1-3H3,(H2,23,24,25,27). The molecule has 7 nitrogen and oxygen atoms in total. The van der Waals surface area contributed by atoms with Crippen LogP contribution in [0.15, 0.2) is 45.6 Å². The van der Waals surface area contributed by atoms with Gasteiger partial charge in [0.25, 0.3) is 5.91 Å². The van der Waals surface area contributed by atoms with Crippen molar-refractivity contribution in [2.24, 2.45) is 0 Å². The topological polar surface area (TPSA) is 97.6 Å². The minimum atomic E-state index is -0.652. The molecule has 0 aliphatic heterocycles. The molecule has 3 rings (SSSR count). The molecule has 1 aromatic heterocycles. The highest BCUT2D eigenvalue weighted by Crippen LogP contribution is 2.25. The van der Waals surface area contributed by atoms with Crippen molar-refractivity contribution in [1.82, 2.24) is 5.32 Å². The summed E-state index contributed by atoms with van der Waals surface area (Å²) in [6.45, 7) is 5.14. The Bertz CT molecular complexity index is 1170. The van der Waals surface area contributed by atoms with Gasteiger partial charge in [-0.2, -0.15) is 0 Å². The number of amides is 3. The maximum Gasteiger partial charge on any atom is 0.355 e. The fourth-order valence-corrected chi connectivity index (χ4v) is 2.96. The van der Waals surface area contributed by atoms with Crippen molar-refractivity contribution in [1.29, 1.82) is 0 Å². The number of benzene rings is 2.